The number of nitrogens with one attached hydrogen (secondary N) is 1. The van der Waals surface area contributed by atoms with Gasteiger partial charge in [0.1, 0.15) is 0 Å². The maximum atomic E-state index is 12.8. The highest BCUT2D eigenvalue weighted by atomic mass is 16.5. The van der Waals surface area contributed by atoms with Crippen LogP contribution in [0.5, 0.6) is 0 Å². The van der Waals surface area contributed by atoms with E-state index in [-0.39, 0.29) is 23.9 Å². The Balaban J connectivity index is 1.95. The van der Waals surface area contributed by atoms with E-state index >= 15 is 0 Å². The zero-order chi connectivity index (χ0) is 18.9. The van der Waals surface area contributed by atoms with Crippen molar-refractivity contribution in [1.82, 2.24) is 20.1 Å². The first-order valence-corrected chi connectivity index (χ1v) is 9.23. The average molecular weight is 362 g/mol. The number of nitrogens with zero attached hydrogens (tertiary/aromatic N) is 3. The molecule has 1 aliphatic heterocycles. The van der Waals surface area contributed by atoms with Crippen molar-refractivity contribution in [3.05, 3.63) is 30.1 Å². The summed E-state index contributed by atoms with van der Waals surface area (Å²) in [6.45, 7) is 6.65. The Labute approximate surface area is 155 Å². The minimum absolute atomic E-state index is 0.0126. The van der Waals surface area contributed by atoms with Crippen LogP contribution in [0.4, 0.5) is 4.79 Å². The smallest absolute Gasteiger partial charge is 0.318 e. The highest BCUT2D eigenvalue weighted by Crippen LogP contribution is 2.14. The summed E-state index contributed by atoms with van der Waals surface area (Å²) in [6, 6.07) is 3.66. The predicted molar refractivity (Wildman–Crippen MR) is 99.5 cm³/mol. The molecule has 1 fully saturated rings. The molecule has 0 bridgehead atoms. The van der Waals surface area contributed by atoms with Crippen molar-refractivity contribution in [2.75, 3.05) is 33.4 Å². The van der Waals surface area contributed by atoms with Gasteiger partial charge in [-0.15, -0.1) is 0 Å². The monoisotopic (exact) mass is 362 g/mol. The first-order chi connectivity index (χ1) is 12.5. The molecule has 7 heteroatoms. The van der Waals surface area contributed by atoms with Crippen molar-refractivity contribution in [1.29, 1.82) is 0 Å². The molecule has 0 radical (unpaired) electrons. The maximum Gasteiger partial charge on any atom is 0.318 e. The van der Waals surface area contributed by atoms with Crippen LogP contribution < -0.4 is 5.32 Å². The summed E-state index contributed by atoms with van der Waals surface area (Å²) in [5, 5.41) is 3.09. The largest absolute Gasteiger partial charge is 0.383 e. The number of rotatable bonds is 7. The van der Waals surface area contributed by atoms with Gasteiger partial charge < -0.3 is 19.9 Å². The molecule has 2 heterocycles. The van der Waals surface area contributed by atoms with Crippen LogP contribution in [0.25, 0.3) is 0 Å². The first-order valence-electron chi connectivity index (χ1n) is 9.23. The van der Waals surface area contributed by atoms with Crippen molar-refractivity contribution >= 4 is 11.9 Å². The number of carbonyl (C=O) groups excluding carboxylic acids is 2. The van der Waals surface area contributed by atoms with Crippen LogP contribution >= 0.6 is 0 Å². The molecule has 2 rings (SSSR count). The lowest BCUT2D eigenvalue weighted by atomic mass is 10.0. The second kappa shape index (κ2) is 10.1. The normalized spacial score (nSPS) is 17.2. The van der Waals surface area contributed by atoms with Crippen molar-refractivity contribution in [2.24, 2.45) is 5.92 Å². The Morgan fingerprint density at radius 2 is 2.12 bits per heavy atom. The third-order valence-electron chi connectivity index (χ3n) is 4.53. The van der Waals surface area contributed by atoms with E-state index in [1.807, 2.05) is 30.9 Å². The molecule has 26 heavy (non-hydrogen) atoms. The fourth-order valence-corrected chi connectivity index (χ4v) is 3.09. The number of pyridine rings is 1. The van der Waals surface area contributed by atoms with Crippen LogP contribution in [0, 0.1) is 5.92 Å². The highest BCUT2D eigenvalue weighted by molar-refractivity contribution is 5.78. The molecule has 144 valence electrons. The number of ether oxygens (including phenoxy) is 1. The number of amides is 3. The molecule has 7 nitrogen and oxygen atoms in total. The van der Waals surface area contributed by atoms with Gasteiger partial charge in [0.2, 0.25) is 5.91 Å². The fourth-order valence-electron chi connectivity index (χ4n) is 3.09. The van der Waals surface area contributed by atoms with Gasteiger partial charge in [-0.2, -0.15) is 0 Å². The molecule has 0 aromatic carbocycles. The predicted octanol–water partition coefficient (Wildman–Crippen LogP) is 1.89. The fraction of sp³-hybridized carbons (Fsp3) is 0.632. The number of hydrogen-bond acceptors (Lipinski definition) is 4. The molecule has 1 aromatic heterocycles. The minimum atomic E-state index is -0.122. The summed E-state index contributed by atoms with van der Waals surface area (Å²) in [4.78, 5) is 32.6. The maximum absolute atomic E-state index is 12.8. The Kier molecular flexibility index (Phi) is 7.84. The molecule has 1 aromatic rings. The third kappa shape index (κ3) is 5.98. The molecule has 0 saturated carbocycles. The summed E-state index contributed by atoms with van der Waals surface area (Å²) in [5.74, 6) is 0.131. The second-order valence-electron chi connectivity index (χ2n) is 7.00. The number of piperidine rings is 1. The van der Waals surface area contributed by atoms with E-state index < -0.39 is 0 Å². The summed E-state index contributed by atoms with van der Waals surface area (Å²) >= 11 is 0. The Morgan fingerprint density at radius 1 is 1.38 bits per heavy atom. The molecule has 0 unspecified atom stereocenters. The van der Waals surface area contributed by atoms with Crippen LogP contribution in [0.15, 0.2) is 24.5 Å². The lowest BCUT2D eigenvalue weighted by Gasteiger charge is -2.35. The molecule has 3 amide bonds. The van der Waals surface area contributed by atoms with E-state index in [1.54, 1.807) is 24.4 Å². The van der Waals surface area contributed by atoms with Crippen molar-refractivity contribution in [2.45, 2.75) is 39.3 Å². The number of aromatic nitrogens is 1. The SMILES string of the molecule is COCCN(Cc1ccncc1)C(=O)N[C@H]1CCCN(C(=O)C(C)C)C1. The first kappa shape index (κ1) is 20.2. The second-order valence-corrected chi connectivity index (χ2v) is 7.00. The third-order valence-corrected chi connectivity index (χ3v) is 4.53. The van der Waals surface area contributed by atoms with Gasteiger partial charge in [0, 0.05) is 57.6 Å². The van der Waals surface area contributed by atoms with E-state index in [4.69, 9.17) is 4.74 Å². The van der Waals surface area contributed by atoms with Crippen molar-refractivity contribution in [3.8, 4) is 0 Å². The molecule has 0 spiro atoms. The van der Waals surface area contributed by atoms with Gasteiger partial charge in [-0.3, -0.25) is 9.78 Å². The summed E-state index contributed by atoms with van der Waals surface area (Å²) in [6.07, 6.45) is 5.24. The van der Waals surface area contributed by atoms with Crippen molar-refractivity contribution in [3.63, 3.8) is 0 Å². The number of hydrogen-bond donors (Lipinski definition) is 1. The number of carbonyl (C=O) groups is 2. The van der Waals surface area contributed by atoms with Crippen LogP contribution in [-0.4, -0.2) is 66.1 Å². The Hall–Kier alpha value is -2.15. The summed E-state index contributed by atoms with van der Waals surface area (Å²) in [7, 11) is 1.62. The molecular formula is C19H30N4O3. The summed E-state index contributed by atoms with van der Waals surface area (Å²) in [5.41, 5.74) is 1.02. The van der Waals surface area contributed by atoms with Gasteiger partial charge in [0.25, 0.3) is 0 Å². The van der Waals surface area contributed by atoms with Crippen LogP contribution in [-0.2, 0) is 16.1 Å². The van der Waals surface area contributed by atoms with E-state index in [0.29, 0.717) is 26.2 Å². The van der Waals surface area contributed by atoms with Crippen LogP contribution in [0.3, 0.4) is 0 Å². The van der Waals surface area contributed by atoms with Crippen LogP contribution in [0.2, 0.25) is 0 Å². The molecule has 0 aliphatic carbocycles. The van der Waals surface area contributed by atoms with Gasteiger partial charge in [-0.1, -0.05) is 13.8 Å². The van der Waals surface area contributed by atoms with E-state index in [0.717, 1.165) is 24.9 Å². The molecular weight excluding hydrogens is 332 g/mol. The van der Waals surface area contributed by atoms with Crippen molar-refractivity contribution < 1.29 is 14.3 Å². The molecule has 1 atom stereocenters. The van der Waals surface area contributed by atoms with Gasteiger partial charge in [0.05, 0.1) is 6.61 Å². The zero-order valence-electron chi connectivity index (χ0n) is 16.0. The Bertz CT molecular complexity index is 579. The van der Waals surface area contributed by atoms with Gasteiger partial charge >= 0.3 is 6.03 Å². The summed E-state index contributed by atoms with van der Waals surface area (Å²) < 4.78 is 5.14. The topological polar surface area (TPSA) is 74.8 Å². The minimum Gasteiger partial charge on any atom is -0.383 e. The van der Waals surface area contributed by atoms with E-state index in [9.17, 15) is 9.59 Å². The molecule has 1 saturated heterocycles. The number of likely N-dealkylation sites (tertiary alicyclic amines) is 1. The Morgan fingerprint density at radius 3 is 2.77 bits per heavy atom. The number of methoxy groups -OCH3 is 1. The average Bonchev–Trinajstić information content (AvgIpc) is 2.65. The van der Waals surface area contributed by atoms with Crippen LogP contribution in [0.1, 0.15) is 32.3 Å². The van der Waals surface area contributed by atoms with E-state index in [2.05, 4.69) is 10.3 Å². The van der Waals surface area contributed by atoms with Gasteiger partial charge in [-0.25, -0.2) is 4.79 Å². The van der Waals surface area contributed by atoms with E-state index in [1.165, 1.54) is 0 Å². The molecule has 1 aliphatic rings. The highest BCUT2D eigenvalue weighted by Gasteiger charge is 2.27. The lowest BCUT2D eigenvalue weighted by Crippen LogP contribution is -2.53. The van der Waals surface area contributed by atoms with Gasteiger partial charge in [0.15, 0.2) is 0 Å². The lowest BCUT2D eigenvalue weighted by molar-refractivity contribution is -0.135. The zero-order valence-corrected chi connectivity index (χ0v) is 16.0. The van der Waals surface area contributed by atoms with Gasteiger partial charge in [-0.05, 0) is 30.5 Å². The standard InChI is InChI=1S/C19H30N4O3/c1-15(2)18(24)22-10-4-5-17(14-22)21-19(25)23(11-12-26-3)13-16-6-8-20-9-7-16/h6-9,15,17H,4-5,10-14H2,1-3H3,(H,21,25)/t17-/m0/s1. The molecule has 1 N–H and O–H groups in total. The number of urea groups is 1. The quantitative estimate of drug-likeness (QED) is 0.804.